The second-order valence-electron chi connectivity index (χ2n) is 6.16. The molecular formula is C14H23N3OS. The predicted molar refractivity (Wildman–Crippen MR) is 80.7 cm³/mol. The zero-order valence-electron chi connectivity index (χ0n) is 12.1. The van der Waals surface area contributed by atoms with Crippen LogP contribution in [0.3, 0.4) is 0 Å². The molecular weight excluding hydrogens is 258 g/mol. The smallest absolute Gasteiger partial charge is 0.189 e. The van der Waals surface area contributed by atoms with Crippen LogP contribution < -0.4 is 11.1 Å². The van der Waals surface area contributed by atoms with Gasteiger partial charge in [-0.05, 0) is 44.7 Å². The Bertz CT molecular complexity index is 475. The molecule has 1 atom stereocenters. The third-order valence-corrected chi connectivity index (χ3v) is 4.10. The monoisotopic (exact) mass is 281 g/mol. The summed E-state index contributed by atoms with van der Waals surface area (Å²) >= 11 is 1.80. The first-order valence-electron chi connectivity index (χ1n) is 6.59. The van der Waals surface area contributed by atoms with Crippen molar-refractivity contribution in [2.75, 3.05) is 13.2 Å². The molecule has 0 spiro atoms. The average Bonchev–Trinajstić information content (AvgIpc) is 2.74. The number of rotatable bonds is 2. The van der Waals surface area contributed by atoms with Crippen LogP contribution in [0.15, 0.2) is 16.4 Å². The Morgan fingerprint density at radius 1 is 1.58 bits per heavy atom. The highest BCUT2D eigenvalue weighted by molar-refractivity contribution is 7.10. The lowest BCUT2D eigenvalue weighted by Gasteiger charge is -2.33. The SMILES string of the molecule is CC(C)(C)NC(N)=NCC1(C)OCCc2sccc21. The Balaban J connectivity index is 2.10. The number of thiophene rings is 1. The first kappa shape index (κ1) is 14.3. The van der Waals surface area contributed by atoms with Gasteiger partial charge in [0, 0.05) is 16.8 Å². The number of nitrogens with two attached hydrogens (primary N) is 1. The van der Waals surface area contributed by atoms with E-state index in [-0.39, 0.29) is 11.1 Å². The topological polar surface area (TPSA) is 59.6 Å². The van der Waals surface area contributed by atoms with E-state index < -0.39 is 0 Å². The lowest BCUT2D eigenvalue weighted by atomic mass is 9.93. The molecule has 2 heterocycles. The summed E-state index contributed by atoms with van der Waals surface area (Å²) in [5.74, 6) is 0.472. The molecule has 0 amide bonds. The Kier molecular flexibility index (Phi) is 3.87. The molecule has 0 aromatic carbocycles. The molecule has 0 saturated carbocycles. The van der Waals surface area contributed by atoms with Crippen LogP contribution in [0.1, 0.15) is 38.1 Å². The highest BCUT2D eigenvalue weighted by Gasteiger charge is 2.34. The molecule has 1 aliphatic heterocycles. The van der Waals surface area contributed by atoms with Crippen LogP contribution in [0.2, 0.25) is 0 Å². The van der Waals surface area contributed by atoms with Crippen LogP contribution in [-0.2, 0) is 16.8 Å². The van der Waals surface area contributed by atoms with Gasteiger partial charge in [0.2, 0.25) is 0 Å². The quantitative estimate of drug-likeness (QED) is 0.645. The van der Waals surface area contributed by atoms with Crippen LogP contribution in [-0.4, -0.2) is 24.7 Å². The highest BCUT2D eigenvalue weighted by atomic mass is 32.1. The summed E-state index contributed by atoms with van der Waals surface area (Å²) in [6, 6.07) is 2.14. The van der Waals surface area contributed by atoms with E-state index in [0.29, 0.717) is 12.5 Å². The summed E-state index contributed by atoms with van der Waals surface area (Å²) in [4.78, 5) is 5.85. The van der Waals surface area contributed by atoms with Crippen molar-refractivity contribution in [1.82, 2.24) is 5.32 Å². The molecule has 1 aromatic heterocycles. The van der Waals surface area contributed by atoms with Gasteiger partial charge in [-0.2, -0.15) is 0 Å². The Morgan fingerprint density at radius 3 is 3.00 bits per heavy atom. The molecule has 1 aliphatic rings. The Hall–Kier alpha value is -1.07. The van der Waals surface area contributed by atoms with E-state index in [1.54, 1.807) is 11.3 Å². The Morgan fingerprint density at radius 2 is 2.32 bits per heavy atom. The van der Waals surface area contributed by atoms with Gasteiger partial charge in [0.25, 0.3) is 0 Å². The van der Waals surface area contributed by atoms with E-state index >= 15 is 0 Å². The minimum absolute atomic E-state index is 0.0740. The average molecular weight is 281 g/mol. The molecule has 0 saturated heterocycles. The number of aliphatic imine (C=N–C) groups is 1. The fourth-order valence-electron chi connectivity index (χ4n) is 2.24. The van der Waals surface area contributed by atoms with Crippen molar-refractivity contribution in [1.29, 1.82) is 0 Å². The number of guanidine groups is 1. The van der Waals surface area contributed by atoms with Gasteiger partial charge in [0.05, 0.1) is 13.2 Å². The summed E-state index contributed by atoms with van der Waals surface area (Å²) in [5, 5.41) is 5.29. The maximum absolute atomic E-state index is 5.95. The minimum atomic E-state index is -0.349. The standard InChI is InChI=1S/C14H23N3OS/c1-13(2,3)17-12(15)16-9-14(4)10-6-8-19-11(10)5-7-18-14/h6,8H,5,7,9H2,1-4H3,(H3,15,16,17). The highest BCUT2D eigenvalue weighted by Crippen LogP contribution is 2.36. The van der Waals surface area contributed by atoms with Crippen molar-refractivity contribution in [2.45, 2.75) is 45.3 Å². The molecule has 0 aliphatic carbocycles. The van der Waals surface area contributed by atoms with E-state index in [1.165, 1.54) is 10.4 Å². The van der Waals surface area contributed by atoms with Crippen LogP contribution in [0.4, 0.5) is 0 Å². The molecule has 4 nitrogen and oxygen atoms in total. The van der Waals surface area contributed by atoms with Crippen molar-refractivity contribution < 1.29 is 4.74 Å². The third-order valence-electron chi connectivity index (χ3n) is 3.12. The molecule has 2 rings (SSSR count). The van der Waals surface area contributed by atoms with Gasteiger partial charge in [-0.1, -0.05) is 0 Å². The van der Waals surface area contributed by atoms with E-state index in [1.807, 2.05) is 0 Å². The van der Waals surface area contributed by atoms with Crippen molar-refractivity contribution in [2.24, 2.45) is 10.7 Å². The van der Waals surface area contributed by atoms with Gasteiger partial charge in [-0.25, -0.2) is 0 Å². The molecule has 0 fully saturated rings. The van der Waals surface area contributed by atoms with Crippen LogP contribution in [0.5, 0.6) is 0 Å². The van der Waals surface area contributed by atoms with Crippen LogP contribution >= 0.6 is 11.3 Å². The maximum atomic E-state index is 5.95. The molecule has 1 aromatic rings. The zero-order valence-corrected chi connectivity index (χ0v) is 12.9. The van der Waals surface area contributed by atoms with E-state index in [0.717, 1.165) is 13.0 Å². The van der Waals surface area contributed by atoms with E-state index in [4.69, 9.17) is 10.5 Å². The van der Waals surface area contributed by atoms with Gasteiger partial charge in [-0.15, -0.1) is 11.3 Å². The molecule has 106 valence electrons. The molecule has 1 unspecified atom stereocenters. The zero-order chi connectivity index (χ0) is 14.1. The van der Waals surface area contributed by atoms with Crippen molar-refractivity contribution in [3.05, 3.63) is 21.9 Å². The number of nitrogens with zero attached hydrogens (tertiary/aromatic N) is 1. The number of hydrogen-bond acceptors (Lipinski definition) is 3. The van der Waals surface area contributed by atoms with Gasteiger partial charge in [0.1, 0.15) is 5.60 Å². The Labute approximate surface area is 119 Å². The normalized spacial score (nSPS) is 24.1. The summed E-state index contributed by atoms with van der Waals surface area (Å²) in [7, 11) is 0. The summed E-state index contributed by atoms with van der Waals surface area (Å²) in [5.41, 5.74) is 6.75. The second kappa shape index (κ2) is 5.13. The molecule has 3 N–H and O–H groups in total. The lowest BCUT2D eigenvalue weighted by molar-refractivity contribution is -0.0375. The third kappa shape index (κ3) is 3.48. The second-order valence-corrected chi connectivity index (χ2v) is 7.16. The molecule has 5 heteroatoms. The van der Waals surface area contributed by atoms with Crippen LogP contribution in [0.25, 0.3) is 0 Å². The van der Waals surface area contributed by atoms with E-state index in [2.05, 4.69) is 49.5 Å². The summed E-state index contributed by atoms with van der Waals surface area (Å²) in [6.07, 6.45) is 1.00. The lowest BCUT2D eigenvalue weighted by Crippen LogP contribution is -2.46. The molecule has 0 bridgehead atoms. The number of hydrogen-bond donors (Lipinski definition) is 2. The molecule has 0 radical (unpaired) electrons. The number of fused-ring (bicyclic) bond motifs is 1. The van der Waals surface area contributed by atoms with Gasteiger partial charge < -0.3 is 15.8 Å². The van der Waals surface area contributed by atoms with Gasteiger partial charge in [-0.3, -0.25) is 4.99 Å². The minimum Gasteiger partial charge on any atom is -0.370 e. The predicted octanol–water partition coefficient (Wildman–Crippen LogP) is 2.24. The molecule has 19 heavy (non-hydrogen) atoms. The fourth-order valence-corrected chi connectivity index (χ4v) is 3.22. The van der Waals surface area contributed by atoms with Crippen molar-refractivity contribution >= 4 is 17.3 Å². The summed E-state index contributed by atoms with van der Waals surface area (Å²) < 4.78 is 5.95. The number of nitrogens with one attached hydrogen (secondary N) is 1. The van der Waals surface area contributed by atoms with Crippen LogP contribution in [0, 0.1) is 0 Å². The summed E-state index contributed by atoms with van der Waals surface area (Å²) in [6.45, 7) is 9.57. The largest absolute Gasteiger partial charge is 0.370 e. The van der Waals surface area contributed by atoms with Gasteiger partial charge >= 0.3 is 0 Å². The van der Waals surface area contributed by atoms with E-state index in [9.17, 15) is 0 Å². The van der Waals surface area contributed by atoms with Gasteiger partial charge in [0.15, 0.2) is 5.96 Å². The van der Waals surface area contributed by atoms with Crippen molar-refractivity contribution in [3.63, 3.8) is 0 Å². The fraction of sp³-hybridized carbons (Fsp3) is 0.643. The number of ether oxygens (including phenoxy) is 1. The first-order chi connectivity index (χ1) is 8.80. The first-order valence-corrected chi connectivity index (χ1v) is 7.47. The van der Waals surface area contributed by atoms with Crippen molar-refractivity contribution in [3.8, 4) is 0 Å². The maximum Gasteiger partial charge on any atom is 0.189 e.